The molecule has 1 rings (SSSR count). The van der Waals surface area contributed by atoms with Crippen LogP contribution in [0, 0.1) is 0 Å². The number of phenolic OH excluding ortho intramolecular Hbond substituents is 1. The van der Waals surface area contributed by atoms with Crippen LogP contribution in [0.15, 0.2) is 34.3 Å². The fraction of sp³-hybridized carbons (Fsp3) is 0.308. The van der Waals surface area contributed by atoms with Crippen molar-refractivity contribution < 1.29 is 15.0 Å². The summed E-state index contributed by atoms with van der Waals surface area (Å²) in [7, 11) is 0. The molecule has 0 saturated heterocycles. The van der Waals surface area contributed by atoms with E-state index in [2.05, 4.69) is 9.98 Å². The molecule has 0 unspecified atom stereocenters. The lowest BCUT2D eigenvalue weighted by Crippen LogP contribution is -2.23. The third-order valence-electron chi connectivity index (χ3n) is 2.55. The average molecular weight is 278 g/mol. The van der Waals surface area contributed by atoms with Crippen LogP contribution in [0.5, 0.6) is 5.75 Å². The first kappa shape index (κ1) is 15.5. The number of aliphatic carboxylic acids is 1. The molecular weight excluding hydrogens is 260 g/mol. The molecule has 1 aromatic carbocycles. The lowest BCUT2D eigenvalue weighted by atomic mass is 10.1. The lowest BCUT2D eigenvalue weighted by Gasteiger charge is -2.06. The van der Waals surface area contributed by atoms with Crippen LogP contribution in [-0.2, 0) is 4.79 Å². The number of para-hydroxylation sites is 1. The maximum Gasteiger partial charge on any atom is 0.328 e. The molecule has 0 fully saturated rings. The number of aromatic hydroxyl groups is 1. The molecule has 6 N–H and O–H groups in total. The molecule has 1 aromatic rings. The van der Waals surface area contributed by atoms with Gasteiger partial charge in [-0.15, -0.1) is 0 Å². The molecule has 0 amide bonds. The van der Waals surface area contributed by atoms with Crippen molar-refractivity contribution in [2.75, 3.05) is 6.54 Å². The minimum atomic E-state index is -1.03. The largest absolute Gasteiger partial charge is 0.507 e. The van der Waals surface area contributed by atoms with E-state index in [4.69, 9.17) is 16.6 Å². The first-order valence-electron chi connectivity index (χ1n) is 6.10. The fourth-order valence-electron chi connectivity index (χ4n) is 1.52. The maximum atomic E-state index is 11.1. The molecule has 0 aliphatic heterocycles. The van der Waals surface area contributed by atoms with Crippen molar-refractivity contribution in [3.8, 4) is 5.75 Å². The summed E-state index contributed by atoms with van der Waals surface area (Å²) in [5.41, 5.74) is 10.8. The van der Waals surface area contributed by atoms with Crippen LogP contribution < -0.4 is 11.5 Å². The van der Waals surface area contributed by atoms with Gasteiger partial charge in [0.1, 0.15) is 11.8 Å². The summed E-state index contributed by atoms with van der Waals surface area (Å²) in [5, 5.41) is 18.6. The topological polar surface area (TPSA) is 134 Å². The Bertz CT molecular complexity index is 510. The van der Waals surface area contributed by atoms with Crippen LogP contribution in [0.3, 0.4) is 0 Å². The second-order valence-electron chi connectivity index (χ2n) is 4.14. The van der Waals surface area contributed by atoms with Crippen LogP contribution in [0.4, 0.5) is 0 Å². The minimum Gasteiger partial charge on any atom is -0.507 e. The van der Waals surface area contributed by atoms with Crippen LogP contribution in [0.1, 0.15) is 18.4 Å². The highest BCUT2D eigenvalue weighted by molar-refractivity contribution is 5.85. The highest BCUT2D eigenvalue weighted by atomic mass is 16.4. The molecule has 0 saturated carbocycles. The first-order valence-corrected chi connectivity index (χ1v) is 6.10. The number of phenols is 1. The van der Waals surface area contributed by atoms with E-state index in [1.807, 2.05) is 0 Å². The van der Waals surface area contributed by atoms with Crippen molar-refractivity contribution in [2.24, 2.45) is 21.5 Å². The van der Waals surface area contributed by atoms with E-state index in [0.717, 1.165) is 0 Å². The molecule has 0 aliphatic rings. The van der Waals surface area contributed by atoms with E-state index >= 15 is 0 Å². The van der Waals surface area contributed by atoms with Gasteiger partial charge in [-0.1, -0.05) is 12.1 Å². The molecule has 0 spiro atoms. The number of hydrogen-bond acceptors (Lipinski definition) is 4. The van der Waals surface area contributed by atoms with Gasteiger partial charge in [0.2, 0.25) is 0 Å². The van der Waals surface area contributed by atoms with E-state index in [1.54, 1.807) is 18.2 Å². The van der Waals surface area contributed by atoms with Gasteiger partial charge in [-0.05, 0) is 25.0 Å². The number of hydrogen-bond donors (Lipinski definition) is 4. The first-order chi connectivity index (χ1) is 9.50. The average Bonchev–Trinajstić information content (AvgIpc) is 2.39. The molecule has 0 aliphatic carbocycles. The second kappa shape index (κ2) is 7.78. The number of nitrogens with zero attached hydrogens (tertiary/aromatic N) is 2. The van der Waals surface area contributed by atoms with Crippen molar-refractivity contribution in [2.45, 2.75) is 18.9 Å². The predicted molar refractivity (Wildman–Crippen MR) is 77.0 cm³/mol. The summed E-state index contributed by atoms with van der Waals surface area (Å²) in [6.07, 6.45) is 2.18. The molecule has 108 valence electrons. The third kappa shape index (κ3) is 5.38. The van der Waals surface area contributed by atoms with Crippen molar-refractivity contribution in [1.82, 2.24) is 0 Å². The summed E-state index contributed by atoms with van der Waals surface area (Å²) >= 11 is 0. The van der Waals surface area contributed by atoms with E-state index < -0.39 is 12.0 Å². The Kier molecular flexibility index (Phi) is 6.02. The van der Waals surface area contributed by atoms with Gasteiger partial charge in [-0.2, -0.15) is 0 Å². The molecule has 0 heterocycles. The summed E-state index contributed by atoms with van der Waals surface area (Å²) in [4.78, 5) is 18.8. The van der Waals surface area contributed by atoms with Crippen molar-refractivity contribution in [3.05, 3.63) is 29.8 Å². The van der Waals surface area contributed by atoms with Crippen molar-refractivity contribution in [3.63, 3.8) is 0 Å². The van der Waals surface area contributed by atoms with Gasteiger partial charge in [-0.3, -0.25) is 9.98 Å². The van der Waals surface area contributed by atoms with Gasteiger partial charge < -0.3 is 21.7 Å². The Hall–Kier alpha value is -2.57. The standard InChI is InChI=1S/C13H18N4O3/c14-13(15)16-7-3-5-10(12(19)20)17-8-9-4-1-2-6-11(9)18/h1-2,4,6,8,10,18H,3,5,7H2,(H,19,20)(H4,14,15,16)/t10-/m0/s1. The normalized spacial score (nSPS) is 12.2. The summed E-state index contributed by atoms with van der Waals surface area (Å²) in [5.74, 6) is -0.989. The summed E-state index contributed by atoms with van der Waals surface area (Å²) in [6, 6.07) is 5.68. The number of guanidine groups is 1. The number of carboxylic acid groups (broad SMARTS) is 1. The van der Waals surface area contributed by atoms with Gasteiger partial charge in [0.15, 0.2) is 5.96 Å². The zero-order valence-corrected chi connectivity index (χ0v) is 10.9. The van der Waals surface area contributed by atoms with E-state index in [9.17, 15) is 9.90 Å². The van der Waals surface area contributed by atoms with Crippen LogP contribution in [0.25, 0.3) is 0 Å². The summed E-state index contributed by atoms with van der Waals surface area (Å²) in [6.45, 7) is 0.359. The number of benzene rings is 1. The van der Waals surface area contributed by atoms with Gasteiger partial charge in [0.05, 0.1) is 0 Å². The number of carbonyl (C=O) groups is 1. The smallest absolute Gasteiger partial charge is 0.328 e. The number of rotatable bonds is 7. The Morgan fingerprint density at radius 1 is 1.35 bits per heavy atom. The minimum absolute atomic E-state index is 0.0189. The fourth-order valence-corrected chi connectivity index (χ4v) is 1.52. The molecule has 0 radical (unpaired) electrons. The zero-order valence-electron chi connectivity index (χ0n) is 10.9. The quantitative estimate of drug-likeness (QED) is 0.323. The van der Waals surface area contributed by atoms with E-state index in [0.29, 0.717) is 24.9 Å². The molecule has 7 heteroatoms. The molecule has 1 atom stereocenters. The van der Waals surface area contributed by atoms with Crippen LogP contribution >= 0.6 is 0 Å². The Balaban J connectivity index is 2.61. The van der Waals surface area contributed by atoms with Crippen molar-refractivity contribution in [1.29, 1.82) is 0 Å². The zero-order chi connectivity index (χ0) is 15.0. The molecule has 7 nitrogen and oxygen atoms in total. The van der Waals surface area contributed by atoms with Gasteiger partial charge >= 0.3 is 5.97 Å². The molecule has 0 aromatic heterocycles. The SMILES string of the molecule is NC(N)=NCCC[C@H](N=Cc1ccccc1O)C(=O)O. The Labute approximate surface area is 116 Å². The molecule has 20 heavy (non-hydrogen) atoms. The Morgan fingerprint density at radius 3 is 2.65 bits per heavy atom. The maximum absolute atomic E-state index is 11.1. The summed E-state index contributed by atoms with van der Waals surface area (Å²) < 4.78 is 0. The van der Waals surface area contributed by atoms with Crippen LogP contribution in [-0.4, -0.2) is 40.9 Å². The molecule has 0 bridgehead atoms. The monoisotopic (exact) mass is 278 g/mol. The predicted octanol–water partition coefficient (Wildman–Crippen LogP) is 0.318. The van der Waals surface area contributed by atoms with Gasteiger partial charge in [-0.25, -0.2) is 4.79 Å². The third-order valence-corrected chi connectivity index (χ3v) is 2.55. The van der Waals surface area contributed by atoms with E-state index in [-0.39, 0.29) is 11.7 Å². The van der Waals surface area contributed by atoms with Crippen molar-refractivity contribution >= 4 is 18.1 Å². The number of carboxylic acids is 1. The van der Waals surface area contributed by atoms with Gasteiger partial charge in [0, 0.05) is 18.3 Å². The van der Waals surface area contributed by atoms with E-state index in [1.165, 1.54) is 12.3 Å². The van der Waals surface area contributed by atoms with Crippen LogP contribution in [0.2, 0.25) is 0 Å². The van der Waals surface area contributed by atoms with Gasteiger partial charge in [0.25, 0.3) is 0 Å². The highest BCUT2D eigenvalue weighted by Gasteiger charge is 2.14. The number of nitrogens with two attached hydrogens (primary N) is 2. The molecular formula is C13H18N4O3. The number of aliphatic imine (C=N–C) groups is 2. The Morgan fingerprint density at radius 2 is 2.05 bits per heavy atom. The highest BCUT2D eigenvalue weighted by Crippen LogP contribution is 2.13. The second-order valence-corrected chi connectivity index (χ2v) is 4.14. The lowest BCUT2D eigenvalue weighted by molar-refractivity contribution is -0.138.